The Kier molecular flexibility index (Phi) is 4.47. The molecule has 2 aromatic rings. The lowest BCUT2D eigenvalue weighted by Gasteiger charge is -2.44. The lowest BCUT2D eigenvalue weighted by atomic mass is 9.95. The smallest absolute Gasteiger partial charge is 0.326 e. The number of anilines is 2. The lowest BCUT2D eigenvalue weighted by molar-refractivity contribution is -0.138. The van der Waals surface area contributed by atoms with E-state index < -0.39 is 12.0 Å². The van der Waals surface area contributed by atoms with Gasteiger partial charge in [0.15, 0.2) is 0 Å². The van der Waals surface area contributed by atoms with Gasteiger partial charge in [0.25, 0.3) is 0 Å². The minimum Gasteiger partial charge on any atom is -0.480 e. The maximum atomic E-state index is 12.0. The molecular weight excluding hydrogens is 300 g/mol. The zero-order valence-corrected chi connectivity index (χ0v) is 14.2. The van der Waals surface area contributed by atoms with E-state index in [2.05, 4.69) is 31.3 Å². The Hall–Kier alpha value is -2.49. The first-order valence-corrected chi connectivity index (χ1v) is 8.37. The van der Waals surface area contributed by atoms with Crippen molar-refractivity contribution in [3.05, 3.63) is 60.2 Å². The second-order valence-electron chi connectivity index (χ2n) is 7.03. The van der Waals surface area contributed by atoms with E-state index in [-0.39, 0.29) is 5.54 Å². The number of para-hydroxylation sites is 2. The molecule has 24 heavy (non-hydrogen) atoms. The van der Waals surface area contributed by atoms with Crippen molar-refractivity contribution < 1.29 is 9.90 Å². The van der Waals surface area contributed by atoms with E-state index in [1.54, 1.807) is 0 Å². The van der Waals surface area contributed by atoms with Crippen LogP contribution in [0.25, 0.3) is 0 Å². The standard InChI is InChI=1S/C20H24N2O2/c1-20(2)14-22(17-11-7-6-10-16(17)21-20)18(19(23)24)13-12-15-8-4-3-5-9-15/h3-11,18,21H,12-14H2,1-2H3,(H,23,24). The van der Waals surface area contributed by atoms with E-state index in [4.69, 9.17) is 0 Å². The first-order chi connectivity index (χ1) is 11.5. The fourth-order valence-corrected chi connectivity index (χ4v) is 3.38. The second-order valence-corrected chi connectivity index (χ2v) is 7.03. The van der Waals surface area contributed by atoms with Crippen molar-refractivity contribution in [3.63, 3.8) is 0 Å². The Morgan fingerprint density at radius 1 is 1.17 bits per heavy atom. The number of rotatable bonds is 5. The SMILES string of the molecule is CC1(C)CN(C(CCc2ccccc2)C(=O)O)c2ccccc2N1. The van der Waals surface area contributed by atoms with Gasteiger partial charge in [0.05, 0.1) is 11.4 Å². The Balaban J connectivity index is 1.86. The maximum Gasteiger partial charge on any atom is 0.326 e. The van der Waals surface area contributed by atoms with Crippen LogP contribution in [0.4, 0.5) is 11.4 Å². The van der Waals surface area contributed by atoms with E-state index in [1.807, 2.05) is 47.4 Å². The van der Waals surface area contributed by atoms with Gasteiger partial charge in [-0.05, 0) is 44.4 Å². The van der Waals surface area contributed by atoms with Gasteiger partial charge >= 0.3 is 5.97 Å². The van der Waals surface area contributed by atoms with Crippen LogP contribution in [-0.4, -0.2) is 29.2 Å². The van der Waals surface area contributed by atoms with Gasteiger partial charge in [0.1, 0.15) is 6.04 Å². The van der Waals surface area contributed by atoms with E-state index in [1.165, 1.54) is 5.56 Å². The van der Waals surface area contributed by atoms with Crippen LogP contribution in [0, 0.1) is 0 Å². The fourth-order valence-electron chi connectivity index (χ4n) is 3.38. The van der Waals surface area contributed by atoms with Crippen molar-refractivity contribution in [2.45, 2.75) is 38.3 Å². The van der Waals surface area contributed by atoms with Crippen molar-refractivity contribution in [1.29, 1.82) is 0 Å². The predicted molar refractivity (Wildman–Crippen MR) is 97.7 cm³/mol. The first-order valence-electron chi connectivity index (χ1n) is 8.37. The van der Waals surface area contributed by atoms with Gasteiger partial charge in [0, 0.05) is 12.1 Å². The number of nitrogens with one attached hydrogen (secondary N) is 1. The molecule has 0 amide bonds. The molecule has 1 atom stereocenters. The summed E-state index contributed by atoms with van der Waals surface area (Å²) in [7, 11) is 0. The number of benzene rings is 2. The van der Waals surface area contributed by atoms with Gasteiger partial charge in [-0.3, -0.25) is 0 Å². The first kappa shape index (κ1) is 16.4. The van der Waals surface area contributed by atoms with Crippen LogP contribution in [0.15, 0.2) is 54.6 Å². The van der Waals surface area contributed by atoms with Crippen molar-refractivity contribution in [2.75, 3.05) is 16.8 Å². The summed E-state index contributed by atoms with van der Waals surface area (Å²) >= 11 is 0. The molecule has 0 bridgehead atoms. The number of carboxylic acids is 1. The van der Waals surface area contributed by atoms with Crippen molar-refractivity contribution >= 4 is 17.3 Å². The molecule has 2 aromatic carbocycles. The Labute approximate surface area is 143 Å². The number of carbonyl (C=O) groups is 1. The highest BCUT2D eigenvalue weighted by Crippen LogP contribution is 2.36. The number of aryl methyl sites for hydroxylation is 1. The zero-order chi connectivity index (χ0) is 17.2. The molecule has 1 aliphatic rings. The maximum absolute atomic E-state index is 12.0. The van der Waals surface area contributed by atoms with E-state index in [0.717, 1.165) is 17.8 Å². The highest BCUT2D eigenvalue weighted by atomic mass is 16.4. The minimum atomic E-state index is -0.765. The average Bonchev–Trinajstić information content (AvgIpc) is 2.54. The molecule has 0 aliphatic carbocycles. The summed E-state index contributed by atoms with van der Waals surface area (Å²) in [6.45, 7) is 4.87. The van der Waals surface area contributed by atoms with Gasteiger partial charge < -0.3 is 15.3 Å². The Morgan fingerprint density at radius 2 is 1.83 bits per heavy atom. The molecule has 126 valence electrons. The van der Waals surface area contributed by atoms with E-state index >= 15 is 0 Å². The summed E-state index contributed by atoms with van der Waals surface area (Å²) in [5, 5.41) is 13.3. The molecular formula is C20H24N2O2. The average molecular weight is 324 g/mol. The lowest BCUT2D eigenvalue weighted by Crippen LogP contribution is -2.54. The Morgan fingerprint density at radius 3 is 2.54 bits per heavy atom. The molecule has 0 spiro atoms. The van der Waals surface area contributed by atoms with Crippen LogP contribution < -0.4 is 10.2 Å². The van der Waals surface area contributed by atoms with Gasteiger partial charge in [-0.25, -0.2) is 4.79 Å². The van der Waals surface area contributed by atoms with Crippen LogP contribution in [0.5, 0.6) is 0 Å². The molecule has 0 aromatic heterocycles. The summed E-state index contributed by atoms with van der Waals surface area (Å²) in [6.07, 6.45) is 1.34. The molecule has 0 fully saturated rings. The molecule has 4 heteroatoms. The minimum absolute atomic E-state index is 0.172. The fraction of sp³-hybridized carbons (Fsp3) is 0.350. The van der Waals surface area contributed by atoms with E-state index in [9.17, 15) is 9.90 Å². The zero-order valence-electron chi connectivity index (χ0n) is 14.2. The number of nitrogens with zero attached hydrogens (tertiary/aromatic N) is 1. The molecule has 0 radical (unpaired) electrons. The third-order valence-electron chi connectivity index (χ3n) is 4.46. The normalized spacial score (nSPS) is 16.8. The summed E-state index contributed by atoms with van der Waals surface area (Å²) < 4.78 is 0. The van der Waals surface area contributed by atoms with Crippen molar-refractivity contribution in [3.8, 4) is 0 Å². The van der Waals surface area contributed by atoms with Gasteiger partial charge in [-0.15, -0.1) is 0 Å². The predicted octanol–water partition coefficient (Wildman–Crippen LogP) is 3.78. The number of aliphatic carboxylic acids is 1. The molecule has 0 saturated heterocycles. The summed E-state index contributed by atoms with van der Waals surface area (Å²) in [5.41, 5.74) is 2.97. The van der Waals surface area contributed by atoms with Gasteiger partial charge in [-0.2, -0.15) is 0 Å². The van der Waals surface area contributed by atoms with Crippen LogP contribution in [0.2, 0.25) is 0 Å². The monoisotopic (exact) mass is 324 g/mol. The third kappa shape index (κ3) is 3.53. The van der Waals surface area contributed by atoms with Crippen LogP contribution in [-0.2, 0) is 11.2 Å². The van der Waals surface area contributed by atoms with Crippen LogP contribution >= 0.6 is 0 Å². The van der Waals surface area contributed by atoms with Crippen molar-refractivity contribution in [2.24, 2.45) is 0 Å². The Bertz CT molecular complexity index is 713. The topological polar surface area (TPSA) is 52.6 Å². The summed E-state index contributed by atoms with van der Waals surface area (Å²) in [6, 6.07) is 17.5. The van der Waals surface area contributed by atoms with Crippen LogP contribution in [0.3, 0.4) is 0 Å². The molecule has 1 unspecified atom stereocenters. The highest BCUT2D eigenvalue weighted by molar-refractivity contribution is 5.83. The van der Waals surface area contributed by atoms with Crippen molar-refractivity contribution in [1.82, 2.24) is 0 Å². The third-order valence-corrected chi connectivity index (χ3v) is 4.46. The molecule has 1 heterocycles. The quantitative estimate of drug-likeness (QED) is 0.879. The largest absolute Gasteiger partial charge is 0.480 e. The molecule has 2 N–H and O–H groups in total. The molecule has 3 rings (SSSR count). The number of hydrogen-bond donors (Lipinski definition) is 2. The highest BCUT2D eigenvalue weighted by Gasteiger charge is 2.35. The molecule has 0 saturated carbocycles. The summed E-state index contributed by atoms with van der Waals surface area (Å²) in [4.78, 5) is 14.0. The van der Waals surface area contributed by atoms with Gasteiger partial charge in [0.2, 0.25) is 0 Å². The number of fused-ring (bicyclic) bond motifs is 1. The molecule has 1 aliphatic heterocycles. The number of carboxylic acid groups (broad SMARTS) is 1. The van der Waals surface area contributed by atoms with Gasteiger partial charge in [-0.1, -0.05) is 42.5 Å². The van der Waals surface area contributed by atoms with Crippen LogP contribution in [0.1, 0.15) is 25.8 Å². The summed E-state index contributed by atoms with van der Waals surface area (Å²) in [5.74, 6) is -0.765. The number of hydrogen-bond acceptors (Lipinski definition) is 3. The van der Waals surface area contributed by atoms with E-state index in [0.29, 0.717) is 13.0 Å². The second kappa shape index (κ2) is 6.56. The molecule has 4 nitrogen and oxygen atoms in total.